The molecule has 1 N–H and O–H groups in total. The Morgan fingerprint density at radius 2 is 1.65 bits per heavy atom. The summed E-state index contributed by atoms with van der Waals surface area (Å²) in [6, 6.07) is 0. The van der Waals surface area contributed by atoms with Crippen LogP contribution in [0.25, 0.3) is 0 Å². The lowest BCUT2D eigenvalue weighted by atomic mass is 9.77. The van der Waals surface area contributed by atoms with Gasteiger partial charge in [-0.1, -0.05) is 65.2 Å². The van der Waals surface area contributed by atoms with Gasteiger partial charge in [-0.25, -0.2) is 0 Å². The second-order valence-corrected chi connectivity index (χ2v) is 5.99. The van der Waals surface area contributed by atoms with Crippen LogP contribution in [0.2, 0.25) is 0 Å². The average molecular weight is 240 g/mol. The Bertz CT molecular complexity index is 170. The molecule has 0 amide bonds. The first-order valence-electron chi connectivity index (χ1n) is 7.96. The SMILES string of the molecule is CCCCCCC(O)C1CCC(CCC)CC1. The topological polar surface area (TPSA) is 20.2 Å². The quantitative estimate of drug-likeness (QED) is 0.597. The van der Waals surface area contributed by atoms with Gasteiger partial charge in [-0.3, -0.25) is 0 Å². The number of aliphatic hydroxyl groups is 1. The largest absolute Gasteiger partial charge is 0.393 e. The molecule has 0 aromatic rings. The first kappa shape index (κ1) is 15.0. The molecule has 0 heterocycles. The highest BCUT2D eigenvalue weighted by atomic mass is 16.3. The third kappa shape index (κ3) is 5.90. The summed E-state index contributed by atoms with van der Waals surface area (Å²) >= 11 is 0. The Hall–Kier alpha value is -0.0400. The normalized spacial score (nSPS) is 27.0. The molecule has 1 rings (SSSR count). The van der Waals surface area contributed by atoms with Crippen LogP contribution in [0.15, 0.2) is 0 Å². The summed E-state index contributed by atoms with van der Waals surface area (Å²) in [6.07, 6.45) is 14.2. The van der Waals surface area contributed by atoms with Gasteiger partial charge in [0.1, 0.15) is 0 Å². The minimum atomic E-state index is -0.00515. The second-order valence-electron chi connectivity index (χ2n) is 5.99. The third-order valence-corrected chi connectivity index (χ3v) is 4.49. The third-order valence-electron chi connectivity index (χ3n) is 4.49. The number of rotatable bonds is 8. The Morgan fingerprint density at radius 1 is 0.941 bits per heavy atom. The molecule has 1 unspecified atom stereocenters. The maximum Gasteiger partial charge on any atom is 0.0568 e. The van der Waals surface area contributed by atoms with Crippen molar-refractivity contribution in [1.29, 1.82) is 0 Å². The number of aliphatic hydroxyl groups excluding tert-OH is 1. The van der Waals surface area contributed by atoms with Crippen LogP contribution in [-0.2, 0) is 0 Å². The molecule has 1 aliphatic carbocycles. The van der Waals surface area contributed by atoms with Gasteiger partial charge in [0.2, 0.25) is 0 Å². The van der Waals surface area contributed by atoms with E-state index in [1.165, 1.54) is 64.2 Å². The highest BCUT2D eigenvalue weighted by Crippen LogP contribution is 2.34. The van der Waals surface area contributed by atoms with Crippen LogP contribution in [0.3, 0.4) is 0 Å². The Labute approximate surface area is 108 Å². The van der Waals surface area contributed by atoms with Gasteiger partial charge < -0.3 is 5.11 Å². The summed E-state index contributed by atoms with van der Waals surface area (Å²) in [4.78, 5) is 0. The van der Waals surface area contributed by atoms with Gasteiger partial charge in [-0.2, -0.15) is 0 Å². The van der Waals surface area contributed by atoms with Gasteiger partial charge in [0.15, 0.2) is 0 Å². The first-order chi connectivity index (χ1) is 8.27. The predicted octanol–water partition coefficient (Wildman–Crippen LogP) is 4.92. The van der Waals surface area contributed by atoms with Crippen molar-refractivity contribution in [3.63, 3.8) is 0 Å². The van der Waals surface area contributed by atoms with E-state index in [0.717, 1.165) is 12.3 Å². The highest BCUT2D eigenvalue weighted by molar-refractivity contribution is 4.77. The van der Waals surface area contributed by atoms with E-state index >= 15 is 0 Å². The summed E-state index contributed by atoms with van der Waals surface area (Å²) in [5, 5.41) is 10.2. The molecule has 0 spiro atoms. The molecule has 0 saturated heterocycles. The summed E-state index contributed by atoms with van der Waals surface area (Å²) in [5.41, 5.74) is 0. The minimum absolute atomic E-state index is 0.00515. The number of hydrogen-bond donors (Lipinski definition) is 1. The van der Waals surface area contributed by atoms with E-state index in [2.05, 4.69) is 13.8 Å². The van der Waals surface area contributed by atoms with Crippen LogP contribution in [0, 0.1) is 11.8 Å². The van der Waals surface area contributed by atoms with Crippen LogP contribution in [0.4, 0.5) is 0 Å². The standard InChI is InChI=1S/C16H32O/c1-3-5-6-7-9-16(17)15-12-10-14(8-4-2)11-13-15/h14-17H,3-13H2,1-2H3. The van der Waals surface area contributed by atoms with E-state index in [0.29, 0.717) is 5.92 Å². The van der Waals surface area contributed by atoms with Gasteiger partial charge in [-0.15, -0.1) is 0 Å². The van der Waals surface area contributed by atoms with E-state index in [1.54, 1.807) is 0 Å². The predicted molar refractivity (Wildman–Crippen MR) is 75.1 cm³/mol. The van der Waals surface area contributed by atoms with Crippen LogP contribution in [0.5, 0.6) is 0 Å². The Morgan fingerprint density at radius 3 is 2.24 bits per heavy atom. The minimum Gasteiger partial charge on any atom is -0.393 e. The smallest absolute Gasteiger partial charge is 0.0568 e. The van der Waals surface area contributed by atoms with E-state index in [4.69, 9.17) is 0 Å². The van der Waals surface area contributed by atoms with Crippen molar-refractivity contribution in [2.45, 2.75) is 90.6 Å². The Kier molecular flexibility index (Phi) is 7.92. The summed E-state index contributed by atoms with van der Waals surface area (Å²) in [6.45, 7) is 4.53. The molecule has 1 heteroatoms. The van der Waals surface area contributed by atoms with Gasteiger partial charge in [-0.05, 0) is 31.1 Å². The van der Waals surface area contributed by atoms with E-state index in [1.807, 2.05) is 0 Å². The molecule has 0 aromatic carbocycles. The van der Waals surface area contributed by atoms with Crippen molar-refractivity contribution in [3.8, 4) is 0 Å². The van der Waals surface area contributed by atoms with Gasteiger partial charge >= 0.3 is 0 Å². The molecule has 1 saturated carbocycles. The summed E-state index contributed by atoms with van der Waals surface area (Å²) < 4.78 is 0. The zero-order valence-electron chi connectivity index (χ0n) is 12.0. The van der Waals surface area contributed by atoms with Crippen LogP contribution < -0.4 is 0 Å². The van der Waals surface area contributed by atoms with Crippen molar-refractivity contribution >= 4 is 0 Å². The highest BCUT2D eigenvalue weighted by Gasteiger charge is 2.25. The fourth-order valence-electron chi connectivity index (χ4n) is 3.29. The van der Waals surface area contributed by atoms with E-state index in [-0.39, 0.29) is 6.10 Å². The van der Waals surface area contributed by atoms with Crippen molar-refractivity contribution in [3.05, 3.63) is 0 Å². The number of hydrogen-bond acceptors (Lipinski definition) is 1. The van der Waals surface area contributed by atoms with E-state index < -0.39 is 0 Å². The molecule has 0 bridgehead atoms. The zero-order chi connectivity index (χ0) is 12.5. The van der Waals surface area contributed by atoms with Crippen LogP contribution >= 0.6 is 0 Å². The summed E-state index contributed by atoms with van der Waals surface area (Å²) in [7, 11) is 0. The maximum atomic E-state index is 10.2. The molecule has 1 fully saturated rings. The second kappa shape index (κ2) is 8.97. The average Bonchev–Trinajstić information content (AvgIpc) is 2.36. The first-order valence-corrected chi connectivity index (χ1v) is 7.96. The van der Waals surface area contributed by atoms with E-state index in [9.17, 15) is 5.11 Å². The lowest BCUT2D eigenvalue weighted by molar-refractivity contribution is 0.0636. The maximum absolute atomic E-state index is 10.2. The van der Waals surface area contributed by atoms with Gasteiger partial charge in [0.25, 0.3) is 0 Å². The lowest BCUT2D eigenvalue weighted by Crippen LogP contribution is -2.25. The molecule has 1 atom stereocenters. The molecule has 17 heavy (non-hydrogen) atoms. The molecular formula is C16H32O. The van der Waals surface area contributed by atoms with Crippen molar-refractivity contribution in [2.75, 3.05) is 0 Å². The monoisotopic (exact) mass is 240 g/mol. The van der Waals surface area contributed by atoms with Crippen molar-refractivity contribution in [1.82, 2.24) is 0 Å². The molecular weight excluding hydrogens is 208 g/mol. The molecule has 0 aromatic heterocycles. The Balaban J connectivity index is 2.10. The fourth-order valence-corrected chi connectivity index (χ4v) is 3.29. The van der Waals surface area contributed by atoms with Crippen molar-refractivity contribution < 1.29 is 5.11 Å². The van der Waals surface area contributed by atoms with Crippen molar-refractivity contribution in [2.24, 2.45) is 11.8 Å². The molecule has 102 valence electrons. The fraction of sp³-hybridized carbons (Fsp3) is 1.00. The number of unbranched alkanes of at least 4 members (excludes halogenated alkanes) is 3. The molecule has 1 nitrogen and oxygen atoms in total. The van der Waals surface area contributed by atoms with Gasteiger partial charge in [0, 0.05) is 0 Å². The zero-order valence-corrected chi connectivity index (χ0v) is 12.0. The van der Waals surface area contributed by atoms with Crippen LogP contribution in [0.1, 0.15) is 84.5 Å². The van der Waals surface area contributed by atoms with Crippen LogP contribution in [-0.4, -0.2) is 11.2 Å². The summed E-state index contributed by atoms with van der Waals surface area (Å²) in [5.74, 6) is 1.58. The molecule has 0 aliphatic heterocycles. The molecule has 1 aliphatic rings. The molecule has 0 radical (unpaired) electrons. The van der Waals surface area contributed by atoms with Gasteiger partial charge in [0.05, 0.1) is 6.10 Å². The lowest BCUT2D eigenvalue weighted by Gasteiger charge is -2.31.